The lowest BCUT2D eigenvalue weighted by molar-refractivity contribution is 0.127. The Morgan fingerprint density at radius 2 is 1.53 bits per heavy atom. The van der Waals surface area contributed by atoms with Crippen molar-refractivity contribution in [3.8, 4) is 0 Å². The Labute approximate surface area is 124 Å². The molecule has 0 aromatic heterocycles. The normalized spacial score (nSPS) is 23.8. The van der Waals surface area contributed by atoms with Crippen molar-refractivity contribution in [2.24, 2.45) is 0 Å². The van der Waals surface area contributed by atoms with Crippen LogP contribution in [0.3, 0.4) is 0 Å². The van der Waals surface area contributed by atoms with Crippen LogP contribution in [0.2, 0.25) is 0 Å². The molecule has 0 aromatic rings. The number of piperidine rings is 1. The highest BCUT2D eigenvalue weighted by Crippen LogP contribution is 2.15. The second-order valence-electron chi connectivity index (χ2n) is 4.67. The number of halogens is 3. The molecule has 2 fully saturated rings. The second-order valence-corrected chi connectivity index (χ2v) is 4.67. The standard InChI is InChI=1S/C11H23N3.3ClH/c1-13-8-3-11(4-9-13)14-7-2-5-12-6-10-14;;;/h11-12H,2-10H2,1H3;3*1H. The summed E-state index contributed by atoms with van der Waals surface area (Å²) >= 11 is 0. The maximum absolute atomic E-state index is 3.47. The molecule has 6 heteroatoms. The van der Waals surface area contributed by atoms with Gasteiger partial charge >= 0.3 is 0 Å². The lowest BCUT2D eigenvalue weighted by Crippen LogP contribution is -2.44. The van der Waals surface area contributed by atoms with Gasteiger partial charge in [-0.3, -0.25) is 4.90 Å². The van der Waals surface area contributed by atoms with E-state index in [1.165, 1.54) is 58.5 Å². The predicted molar refractivity (Wildman–Crippen MR) is 81.3 cm³/mol. The minimum atomic E-state index is 0. The SMILES string of the molecule is CN1CCC(N2CCCNCC2)CC1.Cl.Cl.Cl. The van der Waals surface area contributed by atoms with Gasteiger partial charge in [0.05, 0.1) is 0 Å². The summed E-state index contributed by atoms with van der Waals surface area (Å²) in [4.78, 5) is 5.15. The van der Waals surface area contributed by atoms with Gasteiger partial charge in [-0.2, -0.15) is 0 Å². The van der Waals surface area contributed by atoms with E-state index in [-0.39, 0.29) is 37.2 Å². The van der Waals surface area contributed by atoms with E-state index in [4.69, 9.17) is 0 Å². The molecule has 0 amide bonds. The highest BCUT2D eigenvalue weighted by molar-refractivity contribution is 5.86. The van der Waals surface area contributed by atoms with Crippen LogP contribution in [0.1, 0.15) is 19.3 Å². The molecule has 2 rings (SSSR count). The minimum absolute atomic E-state index is 0. The van der Waals surface area contributed by atoms with Gasteiger partial charge in [-0.05, 0) is 52.5 Å². The minimum Gasteiger partial charge on any atom is -0.315 e. The molecule has 1 N–H and O–H groups in total. The molecule has 0 bridgehead atoms. The van der Waals surface area contributed by atoms with E-state index in [1.54, 1.807) is 0 Å². The summed E-state index contributed by atoms with van der Waals surface area (Å²) in [5, 5.41) is 3.47. The Hall–Kier alpha value is 0.750. The van der Waals surface area contributed by atoms with Crippen LogP contribution in [0.5, 0.6) is 0 Å². The first-order chi connectivity index (χ1) is 6.86. The average molecular weight is 307 g/mol. The summed E-state index contributed by atoms with van der Waals surface area (Å²) in [6, 6.07) is 0.867. The molecule has 0 aliphatic carbocycles. The third-order valence-electron chi connectivity index (χ3n) is 3.58. The fourth-order valence-corrected chi connectivity index (χ4v) is 2.59. The van der Waals surface area contributed by atoms with E-state index < -0.39 is 0 Å². The molecule has 106 valence electrons. The molecule has 2 saturated heterocycles. The van der Waals surface area contributed by atoms with Crippen LogP contribution in [0.4, 0.5) is 0 Å². The molecule has 0 spiro atoms. The number of rotatable bonds is 1. The van der Waals surface area contributed by atoms with E-state index in [9.17, 15) is 0 Å². The van der Waals surface area contributed by atoms with Crippen LogP contribution in [-0.2, 0) is 0 Å². The summed E-state index contributed by atoms with van der Waals surface area (Å²) in [6.07, 6.45) is 4.07. The van der Waals surface area contributed by atoms with Gasteiger partial charge in [0.25, 0.3) is 0 Å². The molecule has 0 aromatic carbocycles. The van der Waals surface area contributed by atoms with Crippen molar-refractivity contribution in [3.05, 3.63) is 0 Å². The van der Waals surface area contributed by atoms with Crippen molar-refractivity contribution in [2.45, 2.75) is 25.3 Å². The highest BCUT2D eigenvalue weighted by atomic mass is 35.5. The van der Waals surface area contributed by atoms with Crippen LogP contribution in [0.15, 0.2) is 0 Å². The number of hydrogen-bond donors (Lipinski definition) is 1. The first-order valence-electron chi connectivity index (χ1n) is 5.99. The van der Waals surface area contributed by atoms with Crippen LogP contribution >= 0.6 is 37.2 Å². The zero-order valence-electron chi connectivity index (χ0n) is 10.6. The van der Waals surface area contributed by atoms with Crippen LogP contribution in [0, 0.1) is 0 Å². The quantitative estimate of drug-likeness (QED) is 0.794. The van der Waals surface area contributed by atoms with Crippen LogP contribution in [0.25, 0.3) is 0 Å². The summed E-state index contributed by atoms with van der Waals surface area (Å²) in [5.74, 6) is 0. The first-order valence-corrected chi connectivity index (χ1v) is 5.99. The van der Waals surface area contributed by atoms with Crippen molar-refractivity contribution < 1.29 is 0 Å². The van der Waals surface area contributed by atoms with Crippen molar-refractivity contribution in [3.63, 3.8) is 0 Å². The van der Waals surface area contributed by atoms with E-state index in [2.05, 4.69) is 22.2 Å². The van der Waals surface area contributed by atoms with Gasteiger partial charge in [0.1, 0.15) is 0 Å². The largest absolute Gasteiger partial charge is 0.315 e. The summed E-state index contributed by atoms with van der Waals surface area (Å²) < 4.78 is 0. The van der Waals surface area contributed by atoms with E-state index in [0.29, 0.717) is 0 Å². The lowest BCUT2D eigenvalue weighted by atomic mass is 10.0. The molecule has 3 nitrogen and oxygen atoms in total. The maximum atomic E-state index is 3.47. The molecular weight excluding hydrogens is 281 g/mol. The van der Waals surface area contributed by atoms with Gasteiger partial charge in [0.2, 0.25) is 0 Å². The molecule has 0 saturated carbocycles. The number of nitrogens with one attached hydrogen (secondary N) is 1. The average Bonchev–Trinajstić information content (AvgIpc) is 2.47. The number of hydrogen-bond acceptors (Lipinski definition) is 3. The van der Waals surface area contributed by atoms with Crippen molar-refractivity contribution >= 4 is 37.2 Å². The fraction of sp³-hybridized carbons (Fsp3) is 1.00. The maximum Gasteiger partial charge on any atom is 0.0120 e. The molecule has 2 heterocycles. The van der Waals surface area contributed by atoms with Gasteiger partial charge in [-0.25, -0.2) is 0 Å². The summed E-state index contributed by atoms with van der Waals surface area (Å²) in [7, 11) is 2.24. The topological polar surface area (TPSA) is 18.5 Å². The summed E-state index contributed by atoms with van der Waals surface area (Å²) in [5.41, 5.74) is 0. The fourth-order valence-electron chi connectivity index (χ4n) is 2.59. The Bertz CT molecular complexity index is 167. The van der Waals surface area contributed by atoms with Crippen molar-refractivity contribution in [1.29, 1.82) is 0 Å². The molecule has 17 heavy (non-hydrogen) atoms. The molecule has 0 atom stereocenters. The van der Waals surface area contributed by atoms with Crippen LogP contribution in [-0.4, -0.2) is 62.2 Å². The Morgan fingerprint density at radius 3 is 2.18 bits per heavy atom. The third kappa shape index (κ3) is 6.46. The molecule has 0 unspecified atom stereocenters. The zero-order chi connectivity index (χ0) is 9.80. The number of nitrogens with zero attached hydrogens (tertiary/aromatic N) is 2. The monoisotopic (exact) mass is 305 g/mol. The van der Waals surface area contributed by atoms with Gasteiger partial charge in [0.15, 0.2) is 0 Å². The smallest absolute Gasteiger partial charge is 0.0120 e. The third-order valence-corrected chi connectivity index (χ3v) is 3.58. The first kappa shape index (κ1) is 20.1. The number of likely N-dealkylation sites (tertiary alicyclic amines) is 1. The van der Waals surface area contributed by atoms with E-state index >= 15 is 0 Å². The van der Waals surface area contributed by atoms with E-state index in [0.717, 1.165) is 6.04 Å². The summed E-state index contributed by atoms with van der Waals surface area (Å²) in [6.45, 7) is 7.54. The Kier molecular flexibility index (Phi) is 12.6. The molecule has 2 aliphatic rings. The highest BCUT2D eigenvalue weighted by Gasteiger charge is 2.23. The van der Waals surface area contributed by atoms with Crippen molar-refractivity contribution in [2.75, 3.05) is 46.3 Å². The lowest BCUT2D eigenvalue weighted by Gasteiger charge is -2.36. The zero-order valence-corrected chi connectivity index (χ0v) is 13.0. The Morgan fingerprint density at radius 1 is 0.882 bits per heavy atom. The molecular formula is C11H26Cl3N3. The van der Waals surface area contributed by atoms with E-state index in [1.807, 2.05) is 0 Å². The Balaban J connectivity index is 0. The molecule has 2 aliphatic heterocycles. The van der Waals surface area contributed by atoms with Gasteiger partial charge in [0, 0.05) is 19.1 Å². The van der Waals surface area contributed by atoms with Crippen molar-refractivity contribution in [1.82, 2.24) is 15.1 Å². The molecule has 0 radical (unpaired) electrons. The predicted octanol–water partition coefficient (Wildman–Crippen LogP) is 1.64. The van der Waals surface area contributed by atoms with Gasteiger partial charge < -0.3 is 10.2 Å². The second kappa shape index (κ2) is 10.7. The van der Waals surface area contributed by atoms with Crippen LogP contribution < -0.4 is 5.32 Å². The van der Waals surface area contributed by atoms with Gasteiger partial charge in [-0.1, -0.05) is 0 Å². The van der Waals surface area contributed by atoms with Gasteiger partial charge in [-0.15, -0.1) is 37.2 Å².